The molecule has 0 saturated heterocycles. The highest BCUT2D eigenvalue weighted by atomic mass is 16.5. The second-order valence-electron chi connectivity index (χ2n) is 5.70. The van der Waals surface area contributed by atoms with Crippen molar-refractivity contribution in [2.24, 2.45) is 5.92 Å². The predicted molar refractivity (Wildman–Crippen MR) is 86.2 cm³/mol. The Morgan fingerprint density at radius 1 is 1.36 bits per heavy atom. The van der Waals surface area contributed by atoms with Gasteiger partial charge in [0.2, 0.25) is 0 Å². The number of carbonyl (C=O) groups excluding carboxylic acids is 1. The molecule has 0 bridgehead atoms. The largest absolute Gasteiger partial charge is 0.493 e. The van der Waals surface area contributed by atoms with E-state index in [2.05, 4.69) is 18.2 Å². The van der Waals surface area contributed by atoms with Gasteiger partial charge in [0, 0.05) is 11.6 Å². The summed E-state index contributed by atoms with van der Waals surface area (Å²) in [5, 5.41) is 3.13. The molecule has 0 unspecified atom stereocenters. The second kappa shape index (κ2) is 7.74. The number of carbonyl (C=O) groups is 1. The fourth-order valence-corrected chi connectivity index (χ4v) is 2.83. The molecule has 1 aromatic carbocycles. The first-order valence-electron chi connectivity index (χ1n) is 7.71. The lowest BCUT2D eigenvalue weighted by Crippen LogP contribution is -2.41. The highest BCUT2D eigenvalue weighted by Gasteiger charge is 2.23. The van der Waals surface area contributed by atoms with Gasteiger partial charge in [-0.25, -0.2) is 0 Å². The molecule has 0 spiro atoms. The van der Waals surface area contributed by atoms with Crippen LogP contribution in [-0.4, -0.2) is 25.7 Å². The zero-order chi connectivity index (χ0) is 15.9. The lowest BCUT2D eigenvalue weighted by molar-refractivity contribution is 0.0910. The third-order valence-electron chi connectivity index (χ3n) is 4.16. The SMILES string of the molecule is C#CCOc1ccc(C(=O)N[C@@H]2CCCC[C@H]2C)cc1OC. The maximum atomic E-state index is 12.4. The molecule has 1 aromatic rings. The first kappa shape index (κ1) is 16.2. The van der Waals surface area contributed by atoms with Crippen molar-refractivity contribution < 1.29 is 14.3 Å². The van der Waals surface area contributed by atoms with E-state index in [1.54, 1.807) is 25.3 Å². The Hall–Kier alpha value is -2.15. The van der Waals surface area contributed by atoms with E-state index < -0.39 is 0 Å². The van der Waals surface area contributed by atoms with Crippen molar-refractivity contribution in [2.45, 2.75) is 38.6 Å². The van der Waals surface area contributed by atoms with Gasteiger partial charge in [0.05, 0.1) is 7.11 Å². The van der Waals surface area contributed by atoms with Crippen molar-refractivity contribution in [1.29, 1.82) is 0 Å². The standard InChI is InChI=1S/C18H23NO3/c1-4-11-22-16-10-9-14(12-17(16)21-3)18(20)19-15-8-6-5-7-13(15)2/h1,9-10,12-13,15H,5-8,11H2,2-3H3,(H,19,20)/t13-,15-/m1/s1. The van der Waals surface area contributed by atoms with E-state index in [0.717, 1.165) is 6.42 Å². The highest BCUT2D eigenvalue weighted by Crippen LogP contribution is 2.29. The van der Waals surface area contributed by atoms with E-state index in [9.17, 15) is 4.79 Å². The summed E-state index contributed by atoms with van der Waals surface area (Å²) in [7, 11) is 1.54. The molecule has 4 heteroatoms. The Balaban J connectivity index is 2.07. The Kier molecular flexibility index (Phi) is 5.71. The lowest BCUT2D eigenvalue weighted by atomic mass is 9.86. The number of methoxy groups -OCH3 is 1. The van der Waals surface area contributed by atoms with E-state index in [0.29, 0.717) is 23.0 Å². The molecule has 1 aliphatic rings. The van der Waals surface area contributed by atoms with Gasteiger partial charge in [0.1, 0.15) is 6.61 Å². The minimum Gasteiger partial charge on any atom is -0.493 e. The van der Waals surface area contributed by atoms with Gasteiger partial charge < -0.3 is 14.8 Å². The van der Waals surface area contributed by atoms with Gasteiger partial charge in [-0.05, 0) is 37.0 Å². The molecule has 1 aliphatic carbocycles. The summed E-state index contributed by atoms with van der Waals surface area (Å²) in [6.45, 7) is 2.36. The van der Waals surface area contributed by atoms with E-state index in [-0.39, 0.29) is 18.6 Å². The van der Waals surface area contributed by atoms with E-state index in [1.165, 1.54) is 19.3 Å². The zero-order valence-corrected chi connectivity index (χ0v) is 13.2. The molecule has 1 N–H and O–H groups in total. The maximum absolute atomic E-state index is 12.4. The number of hydrogen-bond acceptors (Lipinski definition) is 3. The fraction of sp³-hybridized carbons (Fsp3) is 0.500. The molecule has 4 nitrogen and oxygen atoms in total. The van der Waals surface area contributed by atoms with Gasteiger partial charge in [-0.15, -0.1) is 6.42 Å². The van der Waals surface area contributed by atoms with Gasteiger partial charge in [0.15, 0.2) is 11.5 Å². The van der Waals surface area contributed by atoms with Crippen molar-refractivity contribution in [1.82, 2.24) is 5.32 Å². The Morgan fingerprint density at radius 2 is 2.14 bits per heavy atom. The van der Waals surface area contributed by atoms with Crippen LogP contribution in [0.4, 0.5) is 0 Å². The van der Waals surface area contributed by atoms with Gasteiger partial charge in [0.25, 0.3) is 5.91 Å². The van der Waals surface area contributed by atoms with Crippen molar-refractivity contribution in [3.8, 4) is 23.8 Å². The molecule has 0 aliphatic heterocycles. The van der Waals surface area contributed by atoms with Gasteiger partial charge in [-0.2, -0.15) is 0 Å². The van der Waals surface area contributed by atoms with Crippen LogP contribution < -0.4 is 14.8 Å². The van der Waals surface area contributed by atoms with Crippen LogP contribution in [0.1, 0.15) is 43.0 Å². The third kappa shape index (κ3) is 3.94. The zero-order valence-electron chi connectivity index (χ0n) is 13.2. The van der Waals surface area contributed by atoms with Gasteiger partial charge in [-0.1, -0.05) is 25.7 Å². The van der Waals surface area contributed by atoms with E-state index >= 15 is 0 Å². The Bertz CT molecular complexity index is 562. The minimum atomic E-state index is -0.0689. The number of hydrogen-bond donors (Lipinski definition) is 1. The molecule has 1 saturated carbocycles. The fourth-order valence-electron chi connectivity index (χ4n) is 2.83. The van der Waals surface area contributed by atoms with Crippen molar-refractivity contribution in [3.05, 3.63) is 23.8 Å². The van der Waals surface area contributed by atoms with Crippen LogP contribution in [0.25, 0.3) is 0 Å². The number of amides is 1. The minimum absolute atomic E-state index is 0.0689. The van der Waals surface area contributed by atoms with Crippen molar-refractivity contribution in [3.63, 3.8) is 0 Å². The van der Waals surface area contributed by atoms with Crippen LogP contribution in [0.5, 0.6) is 11.5 Å². The summed E-state index contributed by atoms with van der Waals surface area (Å²) in [5.41, 5.74) is 0.572. The van der Waals surface area contributed by atoms with Crippen molar-refractivity contribution >= 4 is 5.91 Å². The Morgan fingerprint density at radius 3 is 2.82 bits per heavy atom. The van der Waals surface area contributed by atoms with Crippen LogP contribution in [-0.2, 0) is 0 Å². The third-order valence-corrected chi connectivity index (χ3v) is 4.16. The van der Waals surface area contributed by atoms with Crippen LogP contribution in [0, 0.1) is 18.3 Å². The predicted octanol–water partition coefficient (Wildman–Crippen LogP) is 3.02. The quantitative estimate of drug-likeness (QED) is 0.850. The summed E-state index contributed by atoms with van der Waals surface area (Å²) >= 11 is 0. The topological polar surface area (TPSA) is 47.6 Å². The first-order chi connectivity index (χ1) is 10.7. The summed E-state index contributed by atoms with van der Waals surface area (Å²) in [4.78, 5) is 12.4. The van der Waals surface area contributed by atoms with Crippen LogP contribution in [0.3, 0.4) is 0 Å². The number of ether oxygens (including phenoxy) is 2. The normalized spacial score (nSPS) is 20.8. The van der Waals surface area contributed by atoms with Crippen LogP contribution in [0.2, 0.25) is 0 Å². The molecule has 1 fully saturated rings. The molecule has 1 amide bonds. The van der Waals surface area contributed by atoms with E-state index in [1.807, 2.05) is 0 Å². The van der Waals surface area contributed by atoms with Crippen molar-refractivity contribution in [2.75, 3.05) is 13.7 Å². The molecule has 0 heterocycles. The highest BCUT2D eigenvalue weighted by molar-refractivity contribution is 5.95. The molecule has 2 atom stereocenters. The molecular formula is C18H23NO3. The molecule has 2 rings (SSSR count). The first-order valence-corrected chi connectivity index (χ1v) is 7.71. The smallest absolute Gasteiger partial charge is 0.251 e. The number of rotatable bonds is 5. The molecule has 0 radical (unpaired) electrons. The van der Waals surface area contributed by atoms with Crippen LogP contribution in [0.15, 0.2) is 18.2 Å². The summed E-state index contributed by atoms with van der Waals surface area (Å²) in [6, 6.07) is 5.39. The molecule has 0 aromatic heterocycles. The van der Waals surface area contributed by atoms with Gasteiger partial charge in [-0.3, -0.25) is 4.79 Å². The number of benzene rings is 1. The summed E-state index contributed by atoms with van der Waals surface area (Å²) in [6.07, 6.45) is 9.84. The number of terminal acetylenes is 1. The summed E-state index contributed by atoms with van der Waals surface area (Å²) in [5.74, 6) is 3.92. The maximum Gasteiger partial charge on any atom is 0.251 e. The average Bonchev–Trinajstić information content (AvgIpc) is 2.54. The molecule has 22 heavy (non-hydrogen) atoms. The average molecular weight is 301 g/mol. The number of nitrogens with one attached hydrogen (secondary N) is 1. The monoisotopic (exact) mass is 301 g/mol. The van der Waals surface area contributed by atoms with E-state index in [4.69, 9.17) is 15.9 Å². The molecular weight excluding hydrogens is 278 g/mol. The van der Waals surface area contributed by atoms with Gasteiger partial charge >= 0.3 is 0 Å². The summed E-state index contributed by atoms with van der Waals surface area (Å²) < 4.78 is 10.7. The molecule has 118 valence electrons. The second-order valence-corrected chi connectivity index (χ2v) is 5.70. The Labute approximate surface area is 132 Å². The van der Waals surface area contributed by atoms with Crippen LogP contribution >= 0.6 is 0 Å². The lowest BCUT2D eigenvalue weighted by Gasteiger charge is -2.29.